The summed E-state index contributed by atoms with van der Waals surface area (Å²) in [6, 6.07) is 1.98. The van der Waals surface area contributed by atoms with E-state index in [1.54, 1.807) is 4.68 Å². The summed E-state index contributed by atoms with van der Waals surface area (Å²) >= 11 is 1.39. The Balaban J connectivity index is 1.77. The number of hydrogen-bond donors (Lipinski definition) is 2. The maximum atomic E-state index is 4.82. The smallest absolute Gasteiger partial charge is 0.155 e. The summed E-state index contributed by atoms with van der Waals surface area (Å²) in [5, 5.41) is 12.1. The van der Waals surface area contributed by atoms with Gasteiger partial charge in [-0.3, -0.25) is 4.68 Å². The topological polar surface area (TPSA) is 70.4 Å². The predicted molar refractivity (Wildman–Crippen MR) is 119 cm³/mol. The fourth-order valence-corrected chi connectivity index (χ4v) is 4.05. The number of rotatable bonds is 4. The highest BCUT2D eigenvalue weighted by Gasteiger charge is 2.26. The Labute approximate surface area is 175 Å². The van der Waals surface area contributed by atoms with Gasteiger partial charge in [-0.05, 0) is 50.0 Å². The van der Waals surface area contributed by atoms with Gasteiger partial charge in [-0.15, -0.1) is 0 Å². The van der Waals surface area contributed by atoms with Crippen molar-refractivity contribution in [1.82, 2.24) is 29.7 Å². The highest BCUT2D eigenvalue weighted by molar-refractivity contribution is 7.09. The van der Waals surface area contributed by atoms with Gasteiger partial charge in [0.15, 0.2) is 5.84 Å². The van der Waals surface area contributed by atoms with Gasteiger partial charge in [-0.2, -0.15) is 9.47 Å². The molecule has 0 spiro atoms. The normalized spacial score (nSPS) is 19.3. The lowest BCUT2D eigenvalue weighted by molar-refractivity contribution is 0.644. The van der Waals surface area contributed by atoms with Gasteiger partial charge >= 0.3 is 0 Å². The quantitative estimate of drug-likeness (QED) is 0.812. The summed E-state index contributed by atoms with van der Waals surface area (Å²) in [7, 11) is 1.92. The van der Waals surface area contributed by atoms with Crippen molar-refractivity contribution in [3.63, 3.8) is 0 Å². The second-order valence-corrected chi connectivity index (χ2v) is 7.79. The lowest BCUT2D eigenvalue weighted by atomic mass is 10.0. The maximum Gasteiger partial charge on any atom is 0.155 e. The third-order valence-electron chi connectivity index (χ3n) is 4.86. The molecule has 0 radical (unpaired) electrons. The van der Waals surface area contributed by atoms with Crippen molar-refractivity contribution in [2.45, 2.75) is 20.3 Å². The first kappa shape index (κ1) is 19.4. The monoisotopic (exact) mass is 407 g/mol. The first-order chi connectivity index (χ1) is 14.0. The molecule has 0 saturated heterocycles. The summed E-state index contributed by atoms with van der Waals surface area (Å²) in [6.45, 7) is 10.2. The number of allylic oxidation sites excluding steroid dienone is 2. The van der Waals surface area contributed by atoms with E-state index in [9.17, 15) is 0 Å². The highest BCUT2D eigenvalue weighted by atomic mass is 32.1. The lowest BCUT2D eigenvalue weighted by Crippen LogP contribution is -2.38. The molecule has 4 heterocycles. The van der Waals surface area contributed by atoms with Crippen molar-refractivity contribution in [1.29, 1.82) is 0 Å². The molecule has 7 nitrogen and oxygen atoms in total. The molecule has 8 heteroatoms. The van der Waals surface area contributed by atoms with Gasteiger partial charge < -0.3 is 15.5 Å². The van der Waals surface area contributed by atoms with Gasteiger partial charge in [-0.1, -0.05) is 18.7 Å². The molecule has 2 aromatic heterocycles. The minimum Gasteiger partial charge on any atom is -0.337 e. The second kappa shape index (κ2) is 8.18. The number of nitrogens with zero attached hydrogens (tertiary/aromatic N) is 5. The van der Waals surface area contributed by atoms with Crippen molar-refractivity contribution >= 4 is 28.1 Å². The molecule has 0 bridgehead atoms. The van der Waals surface area contributed by atoms with Crippen LogP contribution < -0.4 is 10.6 Å². The summed E-state index contributed by atoms with van der Waals surface area (Å²) in [5.41, 5.74) is 6.11. The predicted octanol–water partition coefficient (Wildman–Crippen LogP) is 3.46. The van der Waals surface area contributed by atoms with Gasteiger partial charge in [0.05, 0.1) is 29.0 Å². The Hall–Kier alpha value is -2.97. The number of nitrogens with one attached hydrogen (secondary N) is 2. The van der Waals surface area contributed by atoms with E-state index in [1.165, 1.54) is 17.1 Å². The van der Waals surface area contributed by atoms with Gasteiger partial charge in [0.1, 0.15) is 5.00 Å². The van der Waals surface area contributed by atoms with Crippen LogP contribution in [0.25, 0.3) is 5.70 Å². The average Bonchev–Trinajstić information content (AvgIpc) is 3.34. The highest BCUT2D eigenvalue weighted by Crippen LogP contribution is 2.31. The Morgan fingerprint density at radius 2 is 2.28 bits per heavy atom. The Bertz CT molecular complexity index is 1050. The molecule has 2 aliphatic heterocycles. The summed E-state index contributed by atoms with van der Waals surface area (Å²) < 4.78 is 6.15. The number of aromatic nitrogens is 3. The van der Waals surface area contributed by atoms with E-state index in [0.29, 0.717) is 0 Å². The summed E-state index contributed by atoms with van der Waals surface area (Å²) in [6.07, 6.45) is 11.2. The van der Waals surface area contributed by atoms with Gasteiger partial charge in [0.25, 0.3) is 0 Å². The number of hydrogen-bond acceptors (Lipinski definition) is 6. The largest absolute Gasteiger partial charge is 0.337 e. The molecule has 0 fully saturated rings. The van der Waals surface area contributed by atoms with Crippen LogP contribution in [0.4, 0.5) is 5.00 Å². The average molecular weight is 408 g/mol. The molecular formula is C21H25N7S. The van der Waals surface area contributed by atoms with Crippen LogP contribution in [0, 0.1) is 6.92 Å². The van der Waals surface area contributed by atoms with Crippen LogP contribution in [0.3, 0.4) is 0 Å². The molecule has 2 aromatic rings. The summed E-state index contributed by atoms with van der Waals surface area (Å²) in [4.78, 5) is 6.92. The molecule has 0 saturated carbocycles. The molecule has 4 rings (SSSR count). The van der Waals surface area contributed by atoms with Crippen LogP contribution >= 0.6 is 11.5 Å². The molecular weight excluding hydrogens is 382 g/mol. The van der Waals surface area contributed by atoms with Crippen LogP contribution in [0.1, 0.15) is 24.6 Å². The third kappa shape index (κ3) is 4.08. The van der Waals surface area contributed by atoms with Crippen molar-refractivity contribution in [2.75, 3.05) is 13.1 Å². The van der Waals surface area contributed by atoms with E-state index in [0.717, 1.165) is 58.7 Å². The Morgan fingerprint density at radius 1 is 1.41 bits per heavy atom. The van der Waals surface area contributed by atoms with E-state index in [-0.39, 0.29) is 0 Å². The number of aryl methyl sites for hydroxylation is 2. The first-order valence-electron chi connectivity index (χ1n) is 9.60. The Morgan fingerprint density at radius 3 is 2.90 bits per heavy atom. The van der Waals surface area contributed by atoms with Crippen LogP contribution in [-0.2, 0) is 7.05 Å². The van der Waals surface area contributed by atoms with Gasteiger partial charge in [0.2, 0.25) is 0 Å². The molecule has 150 valence electrons. The Kier molecular flexibility index (Phi) is 5.46. The molecule has 0 atom stereocenters. The van der Waals surface area contributed by atoms with Crippen molar-refractivity contribution in [2.24, 2.45) is 12.0 Å². The molecule has 29 heavy (non-hydrogen) atoms. The number of amidine groups is 1. The zero-order chi connectivity index (χ0) is 20.4. The molecule has 0 aromatic carbocycles. The third-order valence-corrected chi connectivity index (χ3v) is 5.63. The molecule has 0 amide bonds. The number of aliphatic imine (C=N–C) groups is 1. The second-order valence-electron chi connectivity index (χ2n) is 7.01. The fourth-order valence-electron chi connectivity index (χ4n) is 3.40. The fraction of sp³-hybridized carbons (Fsp3) is 0.286. The minimum absolute atomic E-state index is 0.730. The molecule has 2 N–H and O–H groups in total. The van der Waals surface area contributed by atoms with Crippen molar-refractivity contribution < 1.29 is 0 Å². The van der Waals surface area contributed by atoms with E-state index in [2.05, 4.69) is 49.9 Å². The van der Waals surface area contributed by atoms with Crippen LogP contribution in [0.15, 0.2) is 65.4 Å². The summed E-state index contributed by atoms with van der Waals surface area (Å²) in [5.74, 6) is 0.730. The van der Waals surface area contributed by atoms with Crippen molar-refractivity contribution in [3.05, 3.63) is 71.6 Å². The van der Waals surface area contributed by atoms with Crippen LogP contribution in [0.2, 0.25) is 0 Å². The first-order valence-corrected chi connectivity index (χ1v) is 10.4. The van der Waals surface area contributed by atoms with Crippen LogP contribution in [0.5, 0.6) is 0 Å². The SMILES string of the molecule is C=C1/C(=N\c2cc(C)ns2)NC(C2=CCNCC2)=CN1/C(=C\C)c1cnn(C)c1. The standard InChI is InChI=1S/C21H25N7S/c1-5-19(17-11-23-27(4)12-17)28-13-18(16-6-8-22-9-7-16)24-21(15(28)3)25-20-10-14(2)26-29-20/h5-6,10-13,22H,3,7-9H2,1-2,4H3,(H,24,25)/b19-5-. The van der Waals surface area contributed by atoms with Crippen LogP contribution in [-0.4, -0.2) is 38.0 Å². The van der Waals surface area contributed by atoms with E-state index >= 15 is 0 Å². The van der Waals surface area contributed by atoms with E-state index in [4.69, 9.17) is 4.99 Å². The zero-order valence-corrected chi connectivity index (χ0v) is 17.8. The van der Waals surface area contributed by atoms with Crippen molar-refractivity contribution in [3.8, 4) is 0 Å². The maximum absolute atomic E-state index is 4.82. The van der Waals surface area contributed by atoms with E-state index < -0.39 is 0 Å². The zero-order valence-electron chi connectivity index (χ0n) is 16.9. The van der Waals surface area contributed by atoms with Gasteiger partial charge in [-0.25, -0.2) is 4.99 Å². The minimum atomic E-state index is 0.730. The van der Waals surface area contributed by atoms with Gasteiger partial charge in [0, 0.05) is 31.6 Å². The van der Waals surface area contributed by atoms with E-state index in [1.807, 2.05) is 39.4 Å². The molecule has 0 unspecified atom stereocenters. The molecule has 0 aliphatic carbocycles. The lowest BCUT2D eigenvalue weighted by Gasteiger charge is -2.33. The molecule has 2 aliphatic rings.